The first-order chi connectivity index (χ1) is 17.4. The summed E-state index contributed by atoms with van der Waals surface area (Å²) in [6.07, 6.45) is 3.23. The molecule has 0 aliphatic carbocycles. The standard InChI is InChI=1S/C28H24FN3O4/c1-32(2)28(33)18-3-5-22(23(29)14-18)26-15-24-27(36-26)21(7-10-31-24)17-4-6-25(19(13-17)16-30)35-20-8-11-34-12-9-20/h3-7,10,13-15,20H,8-9,11-12H2,1-2H3. The number of ether oxygens (including phenoxy) is 2. The first-order valence-corrected chi connectivity index (χ1v) is 11.6. The van der Waals surface area contributed by atoms with E-state index in [9.17, 15) is 14.4 Å². The van der Waals surface area contributed by atoms with Crippen molar-refractivity contribution in [3.05, 3.63) is 71.7 Å². The van der Waals surface area contributed by atoms with E-state index in [1.54, 1.807) is 50.6 Å². The second kappa shape index (κ2) is 9.80. The van der Waals surface area contributed by atoms with Gasteiger partial charge in [-0.25, -0.2) is 4.39 Å². The number of hydrogen-bond donors (Lipinski definition) is 0. The molecule has 2 aromatic carbocycles. The number of aromatic nitrogens is 1. The molecular weight excluding hydrogens is 461 g/mol. The minimum Gasteiger partial charge on any atom is -0.489 e. The van der Waals surface area contributed by atoms with Crippen molar-refractivity contribution >= 4 is 17.0 Å². The van der Waals surface area contributed by atoms with Crippen molar-refractivity contribution in [3.63, 3.8) is 0 Å². The minimum absolute atomic E-state index is 0.0197. The maximum absolute atomic E-state index is 14.9. The Labute approximate surface area is 207 Å². The molecule has 5 rings (SSSR count). The maximum Gasteiger partial charge on any atom is 0.253 e. The summed E-state index contributed by atoms with van der Waals surface area (Å²) in [7, 11) is 3.23. The van der Waals surface area contributed by atoms with Crippen LogP contribution in [-0.4, -0.2) is 49.2 Å². The highest BCUT2D eigenvalue weighted by Gasteiger charge is 2.20. The molecule has 7 nitrogen and oxygen atoms in total. The van der Waals surface area contributed by atoms with Crippen molar-refractivity contribution in [2.45, 2.75) is 18.9 Å². The molecule has 1 saturated heterocycles. The molecule has 4 aromatic rings. The molecule has 1 amide bonds. The van der Waals surface area contributed by atoms with Crippen LogP contribution in [-0.2, 0) is 4.74 Å². The Bertz CT molecular complexity index is 1480. The lowest BCUT2D eigenvalue weighted by Gasteiger charge is -2.23. The fourth-order valence-electron chi connectivity index (χ4n) is 4.27. The zero-order chi connectivity index (χ0) is 25.2. The normalized spacial score (nSPS) is 13.9. The van der Waals surface area contributed by atoms with Gasteiger partial charge in [-0.1, -0.05) is 6.07 Å². The molecule has 1 aliphatic rings. The summed E-state index contributed by atoms with van der Waals surface area (Å²) in [5.41, 5.74) is 3.41. The molecule has 0 bridgehead atoms. The van der Waals surface area contributed by atoms with Crippen LogP contribution in [0.5, 0.6) is 5.75 Å². The molecule has 1 fully saturated rings. The van der Waals surface area contributed by atoms with Crippen molar-refractivity contribution < 1.29 is 23.1 Å². The third-order valence-electron chi connectivity index (χ3n) is 6.17. The van der Waals surface area contributed by atoms with Crippen LogP contribution >= 0.6 is 0 Å². The first-order valence-electron chi connectivity index (χ1n) is 11.6. The second-order valence-corrected chi connectivity index (χ2v) is 8.83. The van der Waals surface area contributed by atoms with Gasteiger partial charge in [-0.2, -0.15) is 5.26 Å². The summed E-state index contributed by atoms with van der Waals surface area (Å²) >= 11 is 0. The van der Waals surface area contributed by atoms with Crippen molar-refractivity contribution in [2.75, 3.05) is 27.3 Å². The fraction of sp³-hybridized carbons (Fsp3) is 0.250. The average molecular weight is 486 g/mol. The van der Waals surface area contributed by atoms with Gasteiger partial charge < -0.3 is 18.8 Å². The van der Waals surface area contributed by atoms with Crippen molar-refractivity contribution in [2.24, 2.45) is 0 Å². The Morgan fingerprint density at radius 1 is 1.11 bits per heavy atom. The molecule has 0 unspecified atom stereocenters. The number of nitrogens with zero attached hydrogens (tertiary/aromatic N) is 3. The van der Waals surface area contributed by atoms with Gasteiger partial charge in [0.05, 0.1) is 24.3 Å². The maximum atomic E-state index is 14.9. The lowest BCUT2D eigenvalue weighted by molar-refractivity contribution is 0.0254. The van der Waals surface area contributed by atoms with Crippen molar-refractivity contribution in [1.82, 2.24) is 9.88 Å². The average Bonchev–Trinajstić information content (AvgIpc) is 3.33. The van der Waals surface area contributed by atoms with E-state index in [2.05, 4.69) is 11.1 Å². The van der Waals surface area contributed by atoms with Crippen LogP contribution in [0, 0.1) is 17.1 Å². The van der Waals surface area contributed by atoms with E-state index in [1.165, 1.54) is 17.0 Å². The molecule has 36 heavy (non-hydrogen) atoms. The number of carbonyl (C=O) groups excluding carboxylic acids is 1. The van der Waals surface area contributed by atoms with Gasteiger partial charge in [0.2, 0.25) is 0 Å². The van der Waals surface area contributed by atoms with E-state index in [4.69, 9.17) is 13.9 Å². The van der Waals surface area contributed by atoms with Crippen LogP contribution in [0.25, 0.3) is 33.6 Å². The van der Waals surface area contributed by atoms with E-state index < -0.39 is 5.82 Å². The summed E-state index contributed by atoms with van der Waals surface area (Å²) in [4.78, 5) is 17.9. The van der Waals surface area contributed by atoms with Gasteiger partial charge in [-0.3, -0.25) is 9.78 Å². The van der Waals surface area contributed by atoms with Crippen LogP contribution in [0.15, 0.2) is 59.1 Å². The SMILES string of the molecule is CN(C)C(=O)c1ccc(-c2cc3nccc(-c4ccc(OC5CCOCC5)c(C#N)c4)c3o2)c(F)c1. The number of fused-ring (bicyclic) bond motifs is 1. The Hall–Kier alpha value is -4.22. The number of rotatable bonds is 5. The number of carbonyl (C=O) groups is 1. The van der Waals surface area contributed by atoms with Gasteiger partial charge in [0, 0.05) is 50.3 Å². The topological polar surface area (TPSA) is 88.6 Å². The molecule has 1 aliphatic heterocycles. The molecule has 0 spiro atoms. The van der Waals surface area contributed by atoms with E-state index in [0.29, 0.717) is 41.4 Å². The highest BCUT2D eigenvalue weighted by atomic mass is 19.1. The third kappa shape index (κ3) is 4.53. The van der Waals surface area contributed by atoms with Crippen molar-refractivity contribution in [3.8, 4) is 34.3 Å². The zero-order valence-corrected chi connectivity index (χ0v) is 20.0. The Balaban J connectivity index is 1.49. The minimum atomic E-state index is -0.565. The number of furan rings is 1. The third-order valence-corrected chi connectivity index (χ3v) is 6.17. The molecule has 3 heterocycles. The Morgan fingerprint density at radius 3 is 2.64 bits per heavy atom. The van der Waals surface area contributed by atoms with E-state index >= 15 is 0 Å². The molecule has 2 aromatic heterocycles. The van der Waals surface area contributed by atoms with E-state index in [1.807, 2.05) is 6.07 Å². The number of nitriles is 1. The number of hydrogen-bond acceptors (Lipinski definition) is 6. The van der Waals surface area contributed by atoms with Gasteiger partial charge in [0.15, 0.2) is 5.58 Å². The summed E-state index contributed by atoms with van der Waals surface area (Å²) < 4.78 is 32.4. The molecule has 8 heteroatoms. The Kier molecular flexibility index (Phi) is 6.40. The summed E-state index contributed by atoms with van der Waals surface area (Å²) in [5.74, 6) is -0.0180. The van der Waals surface area contributed by atoms with E-state index in [0.717, 1.165) is 24.0 Å². The van der Waals surface area contributed by atoms with Crippen LogP contribution in [0.4, 0.5) is 4.39 Å². The van der Waals surface area contributed by atoms with Crippen LogP contribution in [0.1, 0.15) is 28.8 Å². The van der Waals surface area contributed by atoms with Gasteiger partial charge in [-0.05, 0) is 42.0 Å². The summed E-state index contributed by atoms with van der Waals surface area (Å²) in [5, 5.41) is 9.75. The van der Waals surface area contributed by atoms with Gasteiger partial charge in [-0.15, -0.1) is 0 Å². The lowest BCUT2D eigenvalue weighted by atomic mass is 10.0. The number of pyridine rings is 1. The monoisotopic (exact) mass is 485 g/mol. The number of halogens is 1. The molecule has 182 valence electrons. The van der Waals surface area contributed by atoms with Gasteiger partial charge in [0.25, 0.3) is 5.91 Å². The van der Waals surface area contributed by atoms with Crippen molar-refractivity contribution in [1.29, 1.82) is 5.26 Å². The van der Waals surface area contributed by atoms with Gasteiger partial charge in [0.1, 0.15) is 35.0 Å². The van der Waals surface area contributed by atoms with Crippen LogP contribution in [0.2, 0.25) is 0 Å². The second-order valence-electron chi connectivity index (χ2n) is 8.83. The quantitative estimate of drug-likeness (QED) is 0.374. The summed E-state index contributed by atoms with van der Waals surface area (Å²) in [6.45, 7) is 1.30. The predicted molar refractivity (Wildman–Crippen MR) is 132 cm³/mol. The van der Waals surface area contributed by atoms with Crippen LogP contribution in [0.3, 0.4) is 0 Å². The Morgan fingerprint density at radius 2 is 1.92 bits per heavy atom. The number of amides is 1. The highest BCUT2D eigenvalue weighted by molar-refractivity contribution is 5.95. The highest BCUT2D eigenvalue weighted by Crippen LogP contribution is 2.36. The summed E-state index contributed by atoms with van der Waals surface area (Å²) in [6, 6.07) is 15.4. The smallest absolute Gasteiger partial charge is 0.253 e. The largest absolute Gasteiger partial charge is 0.489 e. The fourth-order valence-corrected chi connectivity index (χ4v) is 4.27. The molecule has 0 atom stereocenters. The number of benzene rings is 2. The first kappa shape index (κ1) is 23.5. The zero-order valence-electron chi connectivity index (χ0n) is 20.0. The predicted octanol–water partition coefficient (Wildman–Crippen LogP) is 5.43. The molecule has 0 saturated carbocycles. The molecular formula is C28H24FN3O4. The molecule has 0 N–H and O–H groups in total. The van der Waals surface area contributed by atoms with E-state index in [-0.39, 0.29) is 23.1 Å². The van der Waals surface area contributed by atoms with Crippen LogP contribution < -0.4 is 4.74 Å². The van der Waals surface area contributed by atoms with Gasteiger partial charge >= 0.3 is 0 Å². The molecule has 0 radical (unpaired) electrons. The lowest BCUT2D eigenvalue weighted by Crippen LogP contribution is -2.26.